The Bertz CT molecular complexity index is 877. The number of nitrogens with two attached hydrogens (primary N) is 1. The summed E-state index contributed by atoms with van der Waals surface area (Å²) in [5, 5.41) is 0.840. The number of nitrogens with one attached hydrogen (secondary N) is 1. The molecule has 0 bridgehead atoms. The number of imidazole rings is 1. The smallest absolute Gasteiger partial charge is 0.171 e. The van der Waals surface area contributed by atoms with Gasteiger partial charge < -0.3 is 10.7 Å². The Balaban J connectivity index is 1.78. The van der Waals surface area contributed by atoms with Crippen LogP contribution in [0.5, 0.6) is 0 Å². The third-order valence-electron chi connectivity index (χ3n) is 3.08. The molecule has 0 aliphatic heterocycles. The number of hydrogen-bond donors (Lipinski definition) is 2. The van der Waals surface area contributed by atoms with Gasteiger partial charge in [0, 0.05) is 4.90 Å². The van der Waals surface area contributed by atoms with Crippen molar-refractivity contribution in [1.29, 1.82) is 0 Å². The second-order valence-electron chi connectivity index (χ2n) is 4.34. The van der Waals surface area contributed by atoms with Crippen molar-refractivity contribution in [2.75, 3.05) is 5.73 Å². The number of rotatable bonds is 2. The molecule has 0 atom stereocenters. The Morgan fingerprint density at radius 1 is 1.15 bits per heavy atom. The first-order chi connectivity index (χ1) is 9.81. The quantitative estimate of drug-likeness (QED) is 0.551. The number of H-pyrrole nitrogens is 1. The molecule has 2 heterocycles. The van der Waals surface area contributed by atoms with Crippen molar-refractivity contribution < 1.29 is 0 Å². The molecular formula is C14H10N4S2. The molecule has 2 aromatic carbocycles. The number of thiazole rings is 1. The minimum atomic E-state index is 0.717. The third-order valence-corrected chi connectivity index (χ3v) is 4.83. The topological polar surface area (TPSA) is 67.6 Å². The van der Waals surface area contributed by atoms with E-state index in [1.807, 2.05) is 41.9 Å². The summed E-state index contributed by atoms with van der Waals surface area (Å²) in [5.41, 5.74) is 11.6. The average molecular weight is 298 g/mol. The van der Waals surface area contributed by atoms with E-state index in [1.54, 1.807) is 11.3 Å². The van der Waals surface area contributed by atoms with Gasteiger partial charge in [-0.3, -0.25) is 0 Å². The minimum absolute atomic E-state index is 0.717. The number of aromatic amines is 1. The van der Waals surface area contributed by atoms with Crippen LogP contribution < -0.4 is 5.73 Å². The van der Waals surface area contributed by atoms with Gasteiger partial charge in [0.25, 0.3) is 0 Å². The van der Waals surface area contributed by atoms with Gasteiger partial charge in [0.15, 0.2) is 5.16 Å². The number of anilines is 1. The van der Waals surface area contributed by atoms with Crippen LogP contribution in [0.15, 0.2) is 52.0 Å². The Hall–Kier alpha value is -2.05. The van der Waals surface area contributed by atoms with Gasteiger partial charge in [-0.05, 0) is 36.0 Å². The Morgan fingerprint density at radius 3 is 2.95 bits per heavy atom. The van der Waals surface area contributed by atoms with E-state index in [2.05, 4.69) is 15.0 Å². The number of aromatic nitrogens is 3. The summed E-state index contributed by atoms with van der Waals surface area (Å²) in [6.45, 7) is 0. The van der Waals surface area contributed by atoms with E-state index in [-0.39, 0.29) is 0 Å². The summed E-state index contributed by atoms with van der Waals surface area (Å²) < 4.78 is 1.11. The van der Waals surface area contributed by atoms with Crippen LogP contribution in [0.4, 0.5) is 5.69 Å². The lowest BCUT2D eigenvalue weighted by Gasteiger charge is -2.03. The number of nitrogens with zero attached hydrogens (tertiary/aromatic N) is 2. The van der Waals surface area contributed by atoms with E-state index in [0.29, 0.717) is 5.69 Å². The lowest BCUT2D eigenvalue weighted by Crippen LogP contribution is -1.90. The highest BCUT2D eigenvalue weighted by atomic mass is 32.2. The molecule has 98 valence electrons. The number of para-hydroxylation sites is 2. The van der Waals surface area contributed by atoms with Crippen molar-refractivity contribution in [1.82, 2.24) is 15.0 Å². The van der Waals surface area contributed by atoms with Crippen LogP contribution >= 0.6 is 23.1 Å². The summed E-state index contributed by atoms with van der Waals surface area (Å²) in [5.74, 6) is 0. The molecule has 0 aliphatic rings. The molecule has 0 radical (unpaired) electrons. The van der Waals surface area contributed by atoms with Crippen molar-refractivity contribution >= 4 is 50.0 Å². The van der Waals surface area contributed by atoms with E-state index in [9.17, 15) is 0 Å². The second kappa shape index (κ2) is 4.50. The molecule has 0 fully saturated rings. The molecular weight excluding hydrogens is 288 g/mol. The average Bonchev–Trinajstić information content (AvgIpc) is 3.08. The van der Waals surface area contributed by atoms with Crippen LogP contribution in [-0.2, 0) is 0 Å². The number of benzene rings is 2. The summed E-state index contributed by atoms with van der Waals surface area (Å²) in [6.07, 6.45) is 0. The molecule has 3 N–H and O–H groups in total. The molecule has 20 heavy (non-hydrogen) atoms. The minimum Gasteiger partial charge on any atom is -0.396 e. The fourth-order valence-electron chi connectivity index (χ4n) is 2.10. The Kier molecular flexibility index (Phi) is 2.64. The van der Waals surface area contributed by atoms with Gasteiger partial charge >= 0.3 is 0 Å². The van der Waals surface area contributed by atoms with Crippen molar-refractivity contribution in [3.8, 4) is 0 Å². The first kappa shape index (κ1) is 11.7. The van der Waals surface area contributed by atoms with Gasteiger partial charge in [0.2, 0.25) is 0 Å². The maximum absolute atomic E-state index is 6.19. The standard InChI is InChI=1S/C14H10N4S2/c15-12-10(5-6-11-13(12)16-7-19-11)20-14-17-8-3-1-2-4-9(8)18-14/h1-7H,15H2,(H,17,18). The van der Waals surface area contributed by atoms with E-state index in [4.69, 9.17) is 5.73 Å². The predicted molar refractivity (Wildman–Crippen MR) is 84.2 cm³/mol. The molecule has 0 aliphatic carbocycles. The molecule has 6 heteroatoms. The van der Waals surface area contributed by atoms with Crippen LogP contribution in [0.2, 0.25) is 0 Å². The zero-order valence-electron chi connectivity index (χ0n) is 10.3. The molecule has 4 nitrogen and oxygen atoms in total. The maximum Gasteiger partial charge on any atom is 0.171 e. The first-order valence-corrected chi connectivity index (χ1v) is 7.75. The fourth-order valence-corrected chi connectivity index (χ4v) is 3.65. The summed E-state index contributed by atoms with van der Waals surface area (Å²) in [7, 11) is 0. The normalized spacial score (nSPS) is 11.4. The highest BCUT2D eigenvalue weighted by Gasteiger charge is 2.10. The zero-order chi connectivity index (χ0) is 13.5. The van der Waals surface area contributed by atoms with Gasteiger partial charge in [-0.1, -0.05) is 12.1 Å². The highest BCUT2D eigenvalue weighted by Crippen LogP contribution is 2.36. The Morgan fingerprint density at radius 2 is 2.05 bits per heavy atom. The molecule has 4 aromatic rings. The monoisotopic (exact) mass is 298 g/mol. The summed E-state index contributed by atoms with van der Waals surface area (Å²) >= 11 is 3.13. The van der Waals surface area contributed by atoms with Crippen LogP contribution in [0.1, 0.15) is 0 Å². The third kappa shape index (κ3) is 1.85. The second-order valence-corrected chi connectivity index (χ2v) is 6.25. The van der Waals surface area contributed by atoms with Crippen LogP contribution in [0.3, 0.4) is 0 Å². The fraction of sp³-hybridized carbons (Fsp3) is 0. The molecule has 0 saturated carbocycles. The summed E-state index contributed by atoms with van der Waals surface area (Å²) in [6, 6.07) is 12.0. The molecule has 0 amide bonds. The van der Waals surface area contributed by atoms with E-state index < -0.39 is 0 Å². The molecule has 0 unspecified atom stereocenters. The van der Waals surface area contributed by atoms with Crippen LogP contribution in [0, 0.1) is 0 Å². The SMILES string of the molecule is Nc1c(Sc2nc3ccccc3[nH]2)ccc2scnc12. The largest absolute Gasteiger partial charge is 0.396 e. The van der Waals surface area contributed by atoms with Crippen molar-refractivity contribution in [2.24, 2.45) is 0 Å². The summed E-state index contributed by atoms with van der Waals surface area (Å²) in [4.78, 5) is 13.1. The van der Waals surface area contributed by atoms with Crippen LogP contribution in [0.25, 0.3) is 21.3 Å². The lowest BCUT2D eigenvalue weighted by atomic mass is 10.3. The van der Waals surface area contributed by atoms with Crippen molar-refractivity contribution in [3.63, 3.8) is 0 Å². The number of fused-ring (bicyclic) bond motifs is 2. The van der Waals surface area contributed by atoms with E-state index >= 15 is 0 Å². The lowest BCUT2D eigenvalue weighted by molar-refractivity contribution is 1.08. The predicted octanol–water partition coefficient (Wildman–Crippen LogP) is 3.91. The van der Waals surface area contributed by atoms with Crippen molar-refractivity contribution in [3.05, 3.63) is 41.9 Å². The van der Waals surface area contributed by atoms with Gasteiger partial charge in [0.05, 0.1) is 26.9 Å². The molecule has 0 saturated heterocycles. The Labute approximate surface area is 123 Å². The number of hydrogen-bond acceptors (Lipinski definition) is 5. The van der Waals surface area contributed by atoms with Gasteiger partial charge in [-0.15, -0.1) is 11.3 Å². The first-order valence-electron chi connectivity index (χ1n) is 6.05. The van der Waals surface area contributed by atoms with Gasteiger partial charge in [0.1, 0.15) is 5.52 Å². The maximum atomic E-state index is 6.19. The number of nitrogen functional groups attached to an aromatic ring is 1. The van der Waals surface area contributed by atoms with Gasteiger partial charge in [-0.2, -0.15) is 0 Å². The van der Waals surface area contributed by atoms with Crippen LogP contribution in [-0.4, -0.2) is 15.0 Å². The van der Waals surface area contributed by atoms with Gasteiger partial charge in [-0.25, -0.2) is 9.97 Å². The molecule has 2 aromatic heterocycles. The van der Waals surface area contributed by atoms with E-state index in [0.717, 1.165) is 31.3 Å². The van der Waals surface area contributed by atoms with E-state index in [1.165, 1.54) is 11.8 Å². The molecule has 0 spiro atoms. The van der Waals surface area contributed by atoms with Crippen molar-refractivity contribution in [2.45, 2.75) is 10.1 Å². The highest BCUT2D eigenvalue weighted by molar-refractivity contribution is 7.99. The molecule has 4 rings (SSSR count). The zero-order valence-corrected chi connectivity index (χ0v) is 12.0.